The number of aliphatic hydroxyl groups excluding tert-OH is 1. The van der Waals surface area contributed by atoms with Crippen LogP contribution in [0.15, 0.2) is 18.2 Å². The van der Waals surface area contributed by atoms with E-state index in [9.17, 15) is 14.9 Å². The molecule has 1 N–H and O–H groups in total. The summed E-state index contributed by atoms with van der Waals surface area (Å²) in [5, 5.41) is 19.6. The van der Waals surface area contributed by atoms with E-state index >= 15 is 0 Å². The lowest BCUT2D eigenvalue weighted by Crippen LogP contribution is -2.51. The molecular weight excluding hydrogens is 260 g/mol. The highest BCUT2D eigenvalue weighted by Gasteiger charge is 2.31. The van der Waals surface area contributed by atoms with Crippen LogP contribution >= 0.6 is 11.6 Å². The van der Waals surface area contributed by atoms with Gasteiger partial charge in [0.2, 0.25) is 0 Å². The summed E-state index contributed by atoms with van der Waals surface area (Å²) in [4.78, 5) is 23.6. The van der Waals surface area contributed by atoms with E-state index in [2.05, 4.69) is 0 Å². The van der Waals surface area contributed by atoms with Crippen LogP contribution in [0.1, 0.15) is 10.4 Å². The number of likely N-dealkylation sites (tertiary alicyclic amines) is 1. The molecule has 1 aliphatic heterocycles. The molecule has 0 unspecified atom stereocenters. The number of rotatable bonds is 3. The Bertz CT molecular complexity index is 500. The molecule has 2 rings (SSSR count). The van der Waals surface area contributed by atoms with Crippen LogP contribution in [0, 0.1) is 16.0 Å². The van der Waals surface area contributed by atoms with Crippen molar-refractivity contribution in [2.45, 2.75) is 0 Å². The van der Waals surface area contributed by atoms with Crippen molar-refractivity contribution in [1.29, 1.82) is 0 Å². The van der Waals surface area contributed by atoms with Crippen molar-refractivity contribution in [2.24, 2.45) is 5.92 Å². The third-order valence-electron chi connectivity index (χ3n) is 2.89. The van der Waals surface area contributed by atoms with Gasteiger partial charge in [-0.25, -0.2) is 0 Å². The maximum atomic E-state index is 12.0. The fourth-order valence-corrected chi connectivity index (χ4v) is 2.01. The zero-order chi connectivity index (χ0) is 13.3. The van der Waals surface area contributed by atoms with E-state index in [1.165, 1.54) is 23.1 Å². The maximum absolute atomic E-state index is 12.0. The summed E-state index contributed by atoms with van der Waals surface area (Å²) in [5.74, 6) is -0.171. The van der Waals surface area contributed by atoms with Gasteiger partial charge in [-0.3, -0.25) is 14.9 Å². The third-order valence-corrected chi connectivity index (χ3v) is 3.21. The molecule has 6 nitrogen and oxygen atoms in total. The Kier molecular flexibility index (Phi) is 3.49. The van der Waals surface area contributed by atoms with Crippen LogP contribution in [-0.4, -0.2) is 40.5 Å². The van der Waals surface area contributed by atoms with Crippen molar-refractivity contribution >= 4 is 23.2 Å². The van der Waals surface area contributed by atoms with E-state index in [4.69, 9.17) is 16.7 Å². The first-order chi connectivity index (χ1) is 8.52. The van der Waals surface area contributed by atoms with Gasteiger partial charge in [-0.15, -0.1) is 0 Å². The van der Waals surface area contributed by atoms with Gasteiger partial charge >= 0.3 is 0 Å². The number of hydrogen-bond donors (Lipinski definition) is 1. The average molecular weight is 271 g/mol. The smallest absolute Gasteiger partial charge is 0.288 e. The molecule has 0 aromatic heterocycles. The minimum absolute atomic E-state index is 0.00777. The summed E-state index contributed by atoms with van der Waals surface area (Å²) in [6.45, 7) is 1.00. The Balaban J connectivity index is 2.17. The van der Waals surface area contributed by atoms with Gasteiger partial charge < -0.3 is 10.0 Å². The van der Waals surface area contributed by atoms with Crippen LogP contribution in [0.3, 0.4) is 0 Å². The van der Waals surface area contributed by atoms with E-state index < -0.39 is 4.92 Å². The Labute approximate surface area is 108 Å². The number of hydrogen-bond acceptors (Lipinski definition) is 4. The second kappa shape index (κ2) is 4.91. The van der Waals surface area contributed by atoms with Crippen LogP contribution in [0.5, 0.6) is 0 Å². The lowest BCUT2D eigenvalue weighted by molar-refractivity contribution is -0.384. The summed E-state index contributed by atoms with van der Waals surface area (Å²) >= 11 is 5.67. The molecule has 7 heteroatoms. The van der Waals surface area contributed by atoms with Gasteiger partial charge in [0.15, 0.2) is 0 Å². The highest BCUT2D eigenvalue weighted by molar-refractivity contribution is 6.32. The molecule has 1 fully saturated rings. The summed E-state index contributed by atoms with van der Waals surface area (Å²) < 4.78 is 0. The first-order valence-electron chi connectivity index (χ1n) is 5.37. The van der Waals surface area contributed by atoms with Gasteiger partial charge in [0.25, 0.3) is 11.6 Å². The van der Waals surface area contributed by atoms with Crippen LogP contribution in [0.25, 0.3) is 0 Å². The standard InChI is InChI=1S/C11H11ClN2O4/c12-9-2-1-8(3-10(9)14(17)18)11(16)13-4-7(5-13)6-15/h1-3,7,15H,4-6H2. The van der Waals surface area contributed by atoms with Crippen molar-refractivity contribution in [1.82, 2.24) is 4.90 Å². The Morgan fingerprint density at radius 1 is 1.56 bits per heavy atom. The number of carbonyl (C=O) groups excluding carboxylic acids is 1. The molecule has 1 saturated heterocycles. The number of amides is 1. The van der Waals surface area contributed by atoms with Gasteiger partial charge in [0.05, 0.1) is 4.92 Å². The quantitative estimate of drug-likeness (QED) is 0.663. The third kappa shape index (κ3) is 2.30. The van der Waals surface area contributed by atoms with Crippen molar-refractivity contribution < 1.29 is 14.8 Å². The molecule has 18 heavy (non-hydrogen) atoms. The highest BCUT2D eigenvalue weighted by Crippen LogP contribution is 2.27. The molecule has 0 radical (unpaired) electrons. The predicted octanol–water partition coefficient (Wildman–Crippen LogP) is 1.31. The first kappa shape index (κ1) is 12.8. The number of halogens is 1. The minimum atomic E-state index is -0.619. The molecule has 0 saturated carbocycles. The number of carbonyl (C=O) groups is 1. The van der Waals surface area contributed by atoms with E-state index in [1.54, 1.807) is 0 Å². The molecule has 1 aromatic rings. The van der Waals surface area contributed by atoms with E-state index in [0.29, 0.717) is 13.1 Å². The second-order valence-electron chi connectivity index (χ2n) is 4.18. The Hall–Kier alpha value is -1.66. The highest BCUT2D eigenvalue weighted by atomic mass is 35.5. The van der Waals surface area contributed by atoms with Crippen LogP contribution in [0.2, 0.25) is 5.02 Å². The Morgan fingerprint density at radius 2 is 2.22 bits per heavy atom. The summed E-state index contributed by atoms with van der Waals surface area (Å²) in [6, 6.07) is 3.98. The number of nitro benzene ring substituents is 1. The number of nitro groups is 1. The lowest BCUT2D eigenvalue weighted by atomic mass is 10.00. The Morgan fingerprint density at radius 3 is 2.78 bits per heavy atom. The second-order valence-corrected chi connectivity index (χ2v) is 4.59. The number of aliphatic hydroxyl groups is 1. The fraction of sp³-hybridized carbons (Fsp3) is 0.364. The topological polar surface area (TPSA) is 83.7 Å². The van der Waals surface area contributed by atoms with Crippen molar-refractivity contribution in [3.8, 4) is 0 Å². The van der Waals surface area contributed by atoms with Gasteiger partial charge in [0, 0.05) is 37.2 Å². The zero-order valence-electron chi connectivity index (χ0n) is 9.38. The van der Waals surface area contributed by atoms with Crippen LogP contribution < -0.4 is 0 Å². The molecular formula is C11H11ClN2O4. The summed E-state index contributed by atoms with van der Waals surface area (Å²) in [5.41, 5.74) is -0.0377. The molecule has 0 aliphatic carbocycles. The van der Waals surface area contributed by atoms with Crippen LogP contribution in [0.4, 0.5) is 5.69 Å². The van der Waals surface area contributed by atoms with Crippen molar-refractivity contribution in [2.75, 3.05) is 19.7 Å². The molecule has 0 atom stereocenters. The van der Waals surface area contributed by atoms with Gasteiger partial charge in [-0.05, 0) is 12.1 Å². The average Bonchev–Trinajstić information content (AvgIpc) is 2.27. The zero-order valence-corrected chi connectivity index (χ0v) is 10.1. The number of benzene rings is 1. The molecule has 96 valence electrons. The summed E-state index contributed by atoms with van der Waals surface area (Å²) in [7, 11) is 0. The van der Waals surface area contributed by atoms with E-state index in [0.717, 1.165) is 0 Å². The van der Waals surface area contributed by atoms with Crippen molar-refractivity contribution in [3.05, 3.63) is 38.9 Å². The largest absolute Gasteiger partial charge is 0.396 e. The summed E-state index contributed by atoms with van der Waals surface area (Å²) in [6.07, 6.45) is 0. The monoisotopic (exact) mass is 270 g/mol. The molecule has 1 heterocycles. The molecule has 0 bridgehead atoms. The molecule has 1 amide bonds. The predicted molar refractivity (Wildman–Crippen MR) is 64.6 cm³/mol. The first-order valence-corrected chi connectivity index (χ1v) is 5.74. The van der Waals surface area contributed by atoms with Crippen molar-refractivity contribution in [3.63, 3.8) is 0 Å². The SMILES string of the molecule is O=C(c1ccc(Cl)c([N+](=O)[O-])c1)N1CC(CO)C1. The number of nitrogens with zero attached hydrogens (tertiary/aromatic N) is 2. The van der Waals surface area contributed by atoms with Crippen LogP contribution in [-0.2, 0) is 0 Å². The van der Waals surface area contributed by atoms with Gasteiger partial charge in [-0.2, -0.15) is 0 Å². The molecule has 0 spiro atoms. The minimum Gasteiger partial charge on any atom is -0.396 e. The normalized spacial score (nSPS) is 15.3. The maximum Gasteiger partial charge on any atom is 0.288 e. The molecule has 1 aromatic carbocycles. The van der Waals surface area contributed by atoms with E-state index in [1.807, 2.05) is 0 Å². The van der Waals surface area contributed by atoms with Gasteiger partial charge in [0.1, 0.15) is 5.02 Å². The molecule has 1 aliphatic rings. The van der Waals surface area contributed by atoms with Gasteiger partial charge in [-0.1, -0.05) is 11.6 Å². The fourth-order valence-electron chi connectivity index (χ4n) is 1.82. The van der Waals surface area contributed by atoms with E-state index in [-0.39, 0.29) is 34.7 Å². The lowest BCUT2D eigenvalue weighted by Gasteiger charge is -2.38.